The third kappa shape index (κ3) is 0.867. The summed E-state index contributed by atoms with van der Waals surface area (Å²) in [6.07, 6.45) is 3.06. The molecule has 3 heteroatoms. The number of aromatic nitrogens is 2. The second-order valence-electron chi connectivity index (χ2n) is 3.64. The first-order valence-corrected chi connectivity index (χ1v) is 4.84. The van der Waals surface area contributed by atoms with Crippen molar-refractivity contribution in [2.45, 2.75) is 19.4 Å². The van der Waals surface area contributed by atoms with Crippen LogP contribution in [0.1, 0.15) is 22.5 Å². The molecule has 0 aliphatic carbocycles. The minimum Gasteiger partial charge on any atom is -0.296 e. The Hall–Kier alpha value is -1.64. The van der Waals surface area contributed by atoms with Crippen LogP contribution in [0.2, 0.25) is 0 Å². The summed E-state index contributed by atoms with van der Waals surface area (Å²) in [4.78, 5) is 10.8. The van der Waals surface area contributed by atoms with Crippen LogP contribution in [0.4, 0.5) is 0 Å². The molecule has 0 amide bonds. The van der Waals surface area contributed by atoms with Crippen LogP contribution in [-0.2, 0) is 13.0 Å². The molecule has 3 nitrogen and oxygen atoms in total. The van der Waals surface area contributed by atoms with E-state index in [4.69, 9.17) is 0 Å². The molecule has 1 aromatic heterocycles. The summed E-state index contributed by atoms with van der Waals surface area (Å²) in [6, 6.07) is 6.09. The number of hydrogen-bond acceptors (Lipinski definition) is 2. The highest BCUT2D eigenvalue weighted by Gasteiger charge is 2.16. The van der Waals surface area contributed by atoms with Gasteiger partial charge in [-0.05, 0) is 18.4 Å². The smallest absolute Gasteiger partial charge is 0.170 e. The van der Waals surface area contributed by atoms with E-state index in [0.717, 1.165) is 36.6 Å². The van der Waals surface area contributed by atoms with E-state index in [1.165, 1.54) is 5.56 Å². The van der Waals surface area contributed by atoms with Gasteiger partial charge in [0.05, 0.1) is 5.52 Å². The van der Waals surface area contributed by atoms with E-state index in [9.17, 15) is 4.79 Å². The average molecular weight is 186 g/mol. The molecule has 0 bridgehead atoms. The van der Waals surface area contributed by atoms with Gasteiger partial charge in [-0.25, -0.2) is 0 Å². The first-order chi connectivity index (χ1) is 6.90. The molecule has 0 radical (unpaired) electrons. The van der Waals surface area contributed by atoms with E-state index >= 15 is 0 Å². The summed E-state index contributed by atoms with van der Waals surface area (Å²) in [5, 5.41) is 5.28. The highest BCUT2D eigenvalue weighted by molar-refractivity contribution is 5.96. The summed E-state index contributed by atoms with van der Waals surface area (Å²) in [5.74, 6) is 0. The molecule has 1 aromatic carbocycles. The molecular formula is C11H10N2O. The Morgan fingerprint density at radius 2 is 2.36 bits per heavy atom. The topological polar surface area (TPSA) is 34.9 Å². The lowest BCUT2D eigenvalue weighted by molar-refractivity contribution is 0.111. The lowest BCUT2D eigenvalue weighted by Gasteiger charge is -2.12. The van der Waals surface area contributed by atoms with E-state index in [1.807, 2.05) is 16.8 Å². The standard InChI is InChI=1S/C11H10N2O/c14-7-10-9-5-1-3-8-4-2-6-13(12-10)11(8)9/h1,3,5,7H,2,4,6H2. The van der Waals surface area contributed by atoms with Crippen molar-refractivity contribution in [2.75, 3.05) is 0 Å². The summed E-state index contributed by atoms with van der Waals surface area (Å²) >= 11 is 0. The molecular weight excluding hydrogens is 176 g/mol. The molecule has 0 unspecified atom stereocenters. The molecule has 14 heavy (non-hydrogen) atoms. The summed E-state index contributed by atoms with van der Waals surface area (Å²) in [7, 11) is 0. The Labute approximate surface area is 81.3 Å². The fourth-order valence-electron chi connectivity index (χ4n) is 2.21. The van der Waals surface area contributed by atoms with Gasteiger partial charge in [-0.2, -0.15) is 5.10 Å². The van der Waals surface area contributed by atoms with Crippen molar-refractivity contribution in [3.05, 3.63) is 29.5 Å². The van der Waals surface area contributed by atoms with Gasteiger partial charge in [0.15, 0.2) is 6.29 Å². The van der Waals surface area contributed by atoms with Crippen molar-refractivity contribution in [1.82, 2.24) is 9.78 Å². The molecule has 70 valence electrons. The molecule has 3 rings (SSSR count). The first-order valence-electron chi connectivity index (χ1n) is 4.84. The molecule has 2 heterocycles. The molecule has 0 N–H and O–H groups in total. The van der Waals surface area contributed by atoms with E-state index in [-0.39, 0.29) is 0 Å². The van der Waals surface area contributed by atoms with Gasteiger partial charge in [0, 0.05) is 11.9 Å². The average Bonchev–Trinajstić information content (AvgIpc) is 2.60. The number of nitrogens with zero attached hydrogens (tertiary/aromatic N) is 2. The zero-order valence-electron chi connectivity index (χ0n) is 7.73. The van der Waals surface area contributed by atoms with Gasteiger partial charge in [0.25, 0.3) is 0 Å². The molecule has 0 spiro atoms. The van der Waals surface area contributed by atoms with Crippen molar-refractivity contribution < 1.29 is 4.79 Å². The SMILES string of the molecule is O=Cc1nn2c3c(cccc13)CCC2. The van der Waals surface area contributed by atoms with Gasteiger partial charge in [-0.1, -0.05) is 18.2 Å². The molecule has 0 saturated carbocycles. The Bertz CT molecular complexity index is 513. The maximum atomic E-state index is 10.8. The van der Waals surface area contributed by atoms with Crippen molar-refractivity contribution >= 4 is 17.2 Å². The van der Waals surface area contributed by atoms with Crippen molar-refractivity contribution in [3.63, 3.8) is 0 Å². The number of para-hydroxylation sites is 1. The Morgan fingerprint density at radius 1 is 1.43 bits per heavy atom. The number of rotatable bonds is 1. The van der Waals surface area contributed by atoms with E-state index in [0.29, 0.717) is 5.69 Å². The fraction of sp³-hybridized carbons (Fsp3) is 0.273. The van der Waals surface area contributed by atoms with Gasteiger partial charge in [0.1, 0.15) is 5.69 Å². The number of aldehydes is 1. The van der Waals surface area contributed by atoms with Crippen LogP contribution in [0, 0.1) is 0 Å². The summed E-state index contributed by atoms with van der Waals surface area (Å²) in [6.45, 7) is 0.932. The van der Waals surface area contributed by atoms with E-state index in [2.05, 4.69) is 11.2 Å². The second-order valence-corrected chi connectivity index (χ2v) is 3.64. The Morgan fingerprint density at radius 3 is 3.21 bits per heavy atom. The number of aryl methyl sites for hydroxylation is 2. The van der Waals surface area contributed by atoms with Crippen LogP contribution in [0.15, 0.2) is 18.2 Å². The van der Waals surface area contributed by atoms with Crippen LogP contribution in [0.5, 0.6) is 0 Å². The number of benzene rings is 1. The van der Waals surface area contributed by atoms with Gasteiger partial charge < -0.3 is 0 Å². The normalized spacial score (nSPS) is 14.6. The van der Waals surface area contributed by atoms with Crippen molar-refractivity contribution in [2.24, 2.45) is 0 Å². The van der Waals surface area contributed by atoms with Gasteiger partial charge in [0.2, 0.25) is 0 Å². The van der Waals surface area contributed by atoms with Crippen LogP contribution in [-0.4, -0.2) is 16.1 Å². The lowest BCUT2D eigenvalue weighted by Crippen LogP contribution is -2.08. The summed E-state index contributed by atoms with van der Waals surface area (Å²) < 4.78 is 1.96. The molecule has 0 atom stereocenters. The fourth-order valence-corrected chi connectivity index (χ4v) is 2.21. The Balaban J connectivity index is 2.48. The number of carbonyl (C=O) groups excluding carboxylic acids is 1. The monoisotopic (exact) mass is 186 g/mol. The maximum Gasteiger partial charge on any atom is 0.170 e. The number of carbonyl (C=O) groups is 1. The predicted molar refractivity (Wildman–Crippen MR) is 53.4 cm³/mol. The minimum absolute atomic E-state index is 0.573. The van der Waals surface area contributed by atoms with Crippen LogP contribution in [0.3, 0.4) is 0 Å². The van der Waals surface area contributed by atoms with Crippen LogP contribution < -0.4 is 0 Å². The summed E-state index contributed by atoms with van der Waals surface area (Å²) in [5.41, 5.74) is 3.04. The first kappa shape index (κ1) is 7.74. The molecule has 2 aromatic rings. The van der Waals surface area contributed by atoms with Crippen molar-refractivity contribution in [3.8, 4) is 0 Å². The zero-order valence-corrected chi connectivity index (χ0v) is 7.73. The molecule has 0 saturated heterocycles. The minimum atomic E-state index is 0.573. The highest BCUT2D eigenvalue weighted by Crippen LogP contribution is 2.26. The van der Waals surface area contributed by atoms with Gasteiger partial charge in [-0.3, -0.25) is 9.48 Å². The van der Waals surface area contributed by atoms with E-state index in [1.54, 1.807) is 0 Å². The van der Waals surface area contributed by atoms with E-state index < -0.39 is 0 Å². The maximum absolute atomic E-state index is 10.8. The lowest BCUT2D eigenvalue weighted by atomic mass is 10.0. The predicted octanol–water partition coefficient (Wildman–Crippen LogP) is 1.79. The highest BCUT2D eigenvalue weighted by atomic mass is 16.1. The third-order valence-electron chi connectivity index (χ3n) is 2.81. The van der Waals surface area contributed by atoms with Gasteiger partial charge in [-0.15, -0.1) is 0 Å². The molecule has 1 aliphatic heterocycles. The Kier molecular flexibility index (Phi) is 1.48. The molecule has 0 fully saturated rings. The largest absolute Gasteiger partial charge is 0.296 e. The zero-order chi connectivity index (χ0) is 9.54. The van der Waals surface area contributed by atoms with Gasteiger partial charge >= 0.3 is 0 Å². The molecule has 1 aliphatic rings. The third-order valence-corrected chi connectivity index (χ3v) is 2.81. The van der Waals surface area contributed by atoms with Crippen LogP contribution in [0.25, 0.3) is 10.9 Å². The quantitative estimate of drug-likeness (QED) is 0.636. The van der Waals surface area contributed by atoms with Crippen LogP contribution >= 0.6 is 0 Å². The van der Waals surface area contributed by atoms with Crippen molar-refractivity contribution in [1.29, 1.82) is 0 Å². The number of hydrogen-bond donors (Lipinski definition) is 0. The second kappa shape index (κ2) is 2.67.